The highest BCUT2D eigenvalue weighted by Crippen LogP contribution is 2.21. The fraction of sp³-hybridized carbons (Fsp3) is 0.611. The van der Waals surface area contributed by atoms with E-state index in [0.29, 0.717) is 6.54 Å². The summed E-state index contributed by atoms with van der Waals surface area (Å²) in [7, 11) is 0. The molecule has 1 amide bonds. The summed E-state index contributed by atoms with van der Waals surface area (Å²) in [6.07, 6.45) is 3.15. The van der Waals surface area contributed by atoms with Crippen LogP contribution in [0.4, 0.5) is 0 Å². The van der Waals surface area contributed by atoms with Gasteiger partial charge in [0.05, 0.1) is 0 Å². The lowest BCUT2D eigenvalue weighted by Gasteiger charge is -2.30. The Kier molecular flexibility index (Phi) is 8.78. The van der Waals surface area contributed by atoms with Crippen molar-refractivity contribution in [3.8, 4) is 0 Å². The molecule has 0 aromatic heterocycles. The predicted octanol–water partition coefficient (Wildman–Crippen LogP) is 2.70. The van der Waals surface area contributed by atoms with Gasteiger partial charge in [0.1, 0.15) is 6.04 Å². The second kappa shape index (κ2) is 10.4. The van der Waals surface area contributed by atoms with Gasteiger partial charge in [-0.1, -0.05) is 63.9 Å². The number of hydrogen-bond acceptors (Lipinski definition) is 3. The van der Waals surface area contributed by atoms with Crippen molar-refractivity contribution in [2.24, 2.45) is 5.73 Å². The summed E-state index contributed by atoms with van der Waals surface area (Å²) in [5.41, 5.74) is 6.85. The van der Waals surface area contributed by atoms with E-state index in [-0.39, 0.29) is 18.0 Å². The lowest BCUT2D eigenvalue weighted by Crippen LogP contribution is -2.47. The average molecular weight is 305 g/mol. The van der Waals surface area contributed by atoms with Crippen molar-refractivity contribution in [2.75, 3.05) is 19.6 Å². The van der Waals surface area contributed by atoms with Crippen molar-refractivity contribution >= 4 is 5.91 Å². The number of benzene rings is 1. The van der Waals surface area contributed by atoms with E-state index in [0.717, 1.165) is 37.9 Å². The minimum absolute atomic E-state index is 0.0569. The van der Waals surface area contributed by atoms with Gasteiger partial charge in [0.25, 0.3) is 0 Å². The number of nitrogens with two attached hydrogens (primary N) is 1. The average Bonchev–Trinajstić information content (AvgIpc) is 2.56. The Hall–Kier alpha value is -1.39. The SMILES string of the molecule is CCCCC(CN)NC(=O)C(c1ccccc1)N(CC)CC. The van der Waals surface area contributed by atoms with Crippen LogP contribution in [-0.2, 0) is 4.79 Å². The molecule has 4 nitrogen and oxygen atoms in total. The number of hydrogen-bond donors (Lipinski definition) is 2. The summed E-state index contributed by atoms with van der Waals surface area (Å²) >= 11 is 0. The van der Waals surface area contributed by atoms with Crippen molar-refractivity contribution < 1.29 is 4.79 Å². The summed E-state index contributed by atoms with van der Waals surface area (Å²) in [4.78, 5) is 15.0. The van der Waals surface area contributed by atoms with Crippen molar-refractivity contribution in [2.45, 2.75) is 52.1 Å². The van der Waals surface area contributed by atoms with Crippen LogP contribution in [0.3, 0.4) is 0 Å². The Morgan fingerprint density at radius 3 is 2.32 bits per heavy atom. The number of carbonyl (C=O) groups is 1. The first-order chi connectivity index (χ1) is 10.7. The molecule has 0 saturated carbocycles. The summed E-state index contributed by atoms with van der Waals surface area (Å²) in [5.74, 6) is 0.0569. The third kappa shape index (κ3) is 5.43. The topological polar surface area (TPSA) is 58.4 Å². The third-order valence-corrected chi connectivity index (χ3v) is 4.08. The quantitative estimate of drug-likeness (QED) is 0.699. The Labute approximate surface area is 135 Å². The van der Waals surface area contributed by atoms with Crippen LogP contribution in [0.2, 0.25) is 0 Å². The van der Waals surface area contributed by atoms with E-state index < -0.39 is 0 Å². The molecule has 1 aromatic rings. The maximum Gasteiger partial charge on any atom is 0.242 e. The van der Waals surface area contributed by atoms with Crippen molar-refractivity contribution in [1.29, 1.82) is 0 Å². The van der Waals surface area contributed by atoms with Gasteiger partial charge < -0.3 is 11.1 Å². The Morgan fingerprint density at radius 1 is 1.18 bits per heavy atom. The molecule has 4 heteroatoms. The first-order valence-corrected chi connectivity index (χ1v) is 8.47. The molecule has 1 rings (SSSR count). The van der Waals surface area contributed by atoms with Gasteiger partial charge in [0.15, 0.2) is 0 Å². The molecule has 22 heavy (non-hydrogen) atoms. The zero-order chi connectivity index (χ0) is 16.4. The first kappa shape index (κ1) is 18.7. The van der Waals surface area contributed by atoms with Gasteiger partial charge in [0, 0.05) is 12.6 Å². The molecule has 0 saturated heterocycles. The van der Waals surface area contributed by atoms with Gasteiger partial charge in [-0.2, -0.15) is 0 Å². The monoisotopic (exact) mass is 305 g/mol. The van der Waals surface area contributed by atoms with Gasteiger partial charge in [-0.25, -0.2) is 0 Å². The molecule has 0 radical (unpaired) electrons. The maximum absolute atomic E-state index is 12.8. The molecule has 0 fully saturated rings. The smallest absolute Gasteiger partial charge is 0.242 e. The number of unbranched alkanes of at least 4 members (excludes halogenated alkanes) is 1. The molecular weight excluding hydrogens is 274 g/mol. The number of nitrogens with one attached hydrogen (secondary N) is 1. The van der Waals surface area contributed by atoms with Crippen LogP contribution < -0.4 is 11.1 Å². The van der Waals surface area contributed by atoms with Gasteiger partial charge in [-0.3, -0.25) is 9.69 Å². The number of likely N-dealkylation sites (N-methyl/N-ethyl adjacent to an activating group) is 1. The molecule has 124 valence electrons. The predicted molar refractivity (Wildman–Crippen MR) is 92.6 cm³/mol. The number of carbonyl (C=O) groups excluding carboxylic acids is 1. The van der Waals surface area contributed by atoms with E-state index in [2.05, 4.69) is 31.0 Å². The van der Waals surface area contributed by atoms with Gasteiger partial charge >= 0.3 is 0 Å². The maximum atomic E-state index is 12.8. The van der Waals surface area contributed by atoms with Crippen molar-refractivity contribution in [1.82, 2.24) is 10.2 Å². The number of rotatable bonds is 10. The summed E-state index contributed by atoms with van der Waals surface area (Å²) in [6, 6.07) is 9.80. The molecule has 0 aliphatic carbocycles. The fourth-order valence-corrected chi connectivity index (χ4v) is 2.73. The number of nitrogens with zero attached hydrogens (tertiary/aromatic N) is 1. The van der Waals surface area contributed by atoms with Gasteiger partial charge in [-0.05, 0) is 25.1 Å². The minimum atomic E-state index is -0.244. The molecule has 3 N–H and O–H groups in total. The molecule has 0 heterocycles. The summed E-state index contributed by atoms with van der Waals surface area (Å²) in [5, 5.41) is 3.14. The van der Waals surface area contributed by atoms with Crippen LogP contribution in [0.15, 0.2) is 30.3 Å². The Morgan fingerprint density at radius 2 is 1.82 bits per heavy atom. The molecule has 2 unspecified atom stereocenters. The van der Waals surface area contributed by atoms with Crippen LogP contribution in [-0.4, -0.2) is 36.5 Å². The van der Waals surface area contributed by atoms with E-state index in [1.165, 1.54) is 0 Å². The highest BCUT2D eigenvalue weighted by Gasteiger charge is 2.26. The highest BCUT2D eigenvalue weighted by molar-refractivity contribution is 5.83. The third-order valence-electron chi connectivity index (χ3n) is 4.08. The van der Waals surface area contributed by atoms with Gasteiger partial charge in [0.2, 0.25) is 5.91 Å². The zero-order valence-electron chi connectivity index (χ0n) is 14.2. The zero-order valence-corrected chi connectivity index (χ0v) is 14.2. The largest absolute Gasteiger partial charge is 0.350 e. The molecule has 0 bridgehead atoms. The Balaban J connectivity index is 2.88. The molecule has 2 atom stereocenters. The minimum Gasteiger partial charge on any atom is -0.350 e. The second-order valence-electron chi connectivity index (χ2n) is 5.62. The van der Waals surface area contributed by atoms with Crippen LogP contribution in [0.1, 0.15) is 51.6 Å². The second-order valence-corrected chi connectivity index (χ2v) is 5.62. The van der Waals surface area contributed by atoms with E-state index in [1.54, 1.807) is 0 Å². The van der Waals surface area contributed by atoms with Crippen LogP contribution in [0.5, 0.6) is 0 Å². The van der Waals surface area contributed by atoms with Gasteiger partial charge in [-0.15, -0.1) is 0 Å². The normalized spacial score (nSPS) is 13.9. The fourth-order valence-electron chi connectivity index (χ4n) is 2.73. The van der Waals surface area contributed by atoms with E-state index >= 15 is 0 Å². The Bertz CT molecular complexity index is 418. The van der Waals surface area contributed by atoms with Crippen LogP contribution in [0.25, 0.3) is 0 Å². The molecule has 0 aliphatic heterocycles. The molecule has 1 aromatic carbocycles. The molecule has 0 aliphatic rings. The lowest BCUT2D eigenvalue weighted by atomic mass is 10.0. The van der Waals surface area contributed by atoms with Crippen LogP contribution >= 0.6 is 0 Å². The van der Waals surface area contributed by atoms with E-state index in [9.17, 15) is 4.79 Å². The molecule has 0 spiro atoms. The van der Waals surface area contributed by atoms with E-state index in [1.807, 2.05) is 30.3 Å². The molecular formula is C18H31N3O. The summed E-state index contributed by atoms with van der Waals surface area (Å²) < 4.78 is 0. The number of amides is 1. The van der Waals surface area contributed by atoms with E-state index in [4.69, 9.17) is 5.73 Å². The standard InChI is InChI=1S/C18H31N3O/c1-4-7-13-16(14-19)20-18(22)17(21(5-2)6-3)15-11-9-8-10-12-15/h8-12,16-17H,4-7,13-14,19H2,1-3H3,(H,20,22). The summed E-state index contributed by atoms with van der Waals surface area (Å²) in [6.45, 7) is 8.50. The lowest BCUT2D eigenvalue weighted by molar-refractivity contribution is -0.127. The highest BCUT2D eigenvalue weighted by atomic mass is 16.2. The van der Waals surface area contributed by atoms with Crippen LogP contribution in [0, 0.1) is 0 Å². The first-order valence-electron chi connectivity index (χ1n) is 8.47. The van der Waals surface area contributed by atoms with Crippen molar-refractivity contribution in [3.63, 3.8) is 0 Å². The van der Waals surface area contributed by atoms with Crippen molar-refractivity contribution in [3.05, 3.63) is 35.9 Å².